The van der Waals surface area contributed by atoms with Crippen LogP contribution in [0.4, 0.5) is 0 Å². The van der Waals surface area contributed by atoms with E-state index in [9.17, 15) is 9.59 Å². The van der Waals surface area contributed by atoms with E-state index in [4.69, 9.17) is 4.98 Å². The van der Waals surface area contributed by atoms with Crippen molar-refractivity contribution in [3.05, 3.63) is 30.1 Å². The van der Waals surface area contributed by atoms with E-state index in [2.05, 4.69) is 5.32 Å². The quantitative estimate of drug-likeness (QED) is 0.759. The van der Waals surface area contributed by atoms with E-state index in [1.54, 1.807) is 0 Å². The molecule has 0 saturated heterocycles. The van der Waals surface area contributed by atoms with Crippen molar-refractivity contribution < 1.29 is 9.59 Å². The molecule has 6 nitrogen and oxygen atoms in total. The largest absolute Gasteiger partial charge is 0.356 e. The molecule has 0 unspecified atom stereocenters. The molecule has 1 aliphatic rings. The average molecular weight is 385 g/mol. The number of hydrogen-bond donors (Lipinski definition) is 1. The fourth-order valence-corrected chi connectivity index (χ4v) is 4.04. The molecule has 2 amide bonds. The molecular weight excluding hydrogens is 352 g/mol. The zero-order valence-electron chi connectivity index (χ0n) is 17.1. The van der Waals surface area contributed by atoms with Crippen molar-refractivity contribution >= 4 is 22.8 Å². The van der Waals surface area contributed by atoms with Crippen LogP contribution in [0.2, 0.25) is 0 Å². The summed E-state index contributed by atoms with van der Waals surface area (Å²) in [5, 5.41) is 2.94. The minimum Gasteiger partial charge on any atom is -0.356 e. The summed E-state index contributed by atoms with van der Waals surface area (Å²) in [6.07, 6.45) is 7.89. The molecule has 0 spiro atoms. The fraction of sp³-hybridized carbons (Fsp3) is 0.591. The van der Waals surface area contributed by atoms with Crippen LogP contribution in [-0.2, 0) is 22.6 Å². The van der Waals surface area contributed by atoms with Crippen molar-refractivity contribution in [2.24, 2.45) is 0 Å². The summed E-state index contributed by atoms with van der Waals surface area (Å²) in [5.74, 6) is 1.05. The number of nitrogens with one attached hydrogen (secondary N) is 1. The number of carbonyl (C=O) groups is 2. The normalized spacial score (nSPS) is 14.9. The molecule has 1 fully saturated rings. The minimum atomic E-state index is 0.0678. The summed E-state index contributed by atoms with van der Waals surface area (Å²) in [5.41, 5.74) is 1.87. The van der Waals surface area contributed by atoms with Crippen molar-refractivity contribution in [2.45, 2.75) is 70.9 Å². The Morgan fingerprint density at radius 1 is 1.21 bits per heavy atom. The summed E-state index contributed by atoms with van der Waals surface area (Å²) < 4.78 is 2.02. The van der Waals surface area contributed by atoms with Gasteiger partial charge in [-0.15, -0.1) is 0 Å². The third kappa shape index (κ3) is 4.91. The van der Waals surface area contributed by atoms with Crippen molar-refractivity contribution in [1.29, 1.82) is 0 Å². The molecule has 1 heterocycles. The van der Waals surface area contributed by atoms with Gasteiger partial charge in [0, 0.05) is 32.5 Å². The van der Waals surface area contributed by atoms with Gasteiger partial charge in [-0.3, -0.25) is 9.59 Å². The Hall–Kier alpha value is -2.37. The maximum Gasteiger partial charge on any atom is 0.242 e. The Morgan fingerprint density at radius 3 is 2.71 bits per heavy atom. The van der Waals surface area contributed by atoms with Gasteiger partial charge in [0.15, 0.2) is 0 Å². The van der Waals surface area contributed by atoms with Crippen LogP contribution < -0.4 is 5.32 Å². The second-order valence-corrected chi connectivity index (χ2v) is 7.75. The Morgan fingerprint density at radius 2 is 1.96 bits per heavy atom. The molecular formula is C22H32N4O2. The molecule has 6 heteroatoms. The van der Waals surface area contributed by atoms with E-state index in [1.165, 1.54) is 19.3 Å². The summed E-state index contributed by atoms with van der Waals surface area (Å²) in [7, 11) is 1.93. The summed E-state index contributed by atoms with van der Waals surface area (Å²) in [4.78, 5) is 31.4. The third-order valence-electron chi connectivity index (χ3n) is 5.69. The number of fused-ring (bicyclic) bond motifs is 1. The van der Waals surface area contributed by atoms with Crippen LogP contribution in [-0.4, -0.2) is 45.9 Å². The molecule has 1 N–H and O–H groups in total. The van der Waals surface area contributed by atoms with E-state index < -0.39 is 0 Å². The maximum atomic E-state index is 13.0. The third-order valence-corrected chi connectivity index (χ3v) is 5.69. The van der Waals surface area contributed by atoms with Crippen LogP contribution in [0.25, 0.3) is 11.0 Å². The number of likely N-dealkylation sites (N-methyl/N-ethyl adjacent to an activating group) is 1. The van der Waals surface area contributed by atoms with Gasteiger partial charge in [-0.2, -0.15) is 0 Å². The lowest BCUT2D eigenvalue weighted by Gasteiger charge is -2.31. The van der Waals surface area contributed by atoms with Crippen LogP contribution in [0.5, 0.6) is 0 Å². The monoisotopic (exact) mass is 384 g/mol. The highest BCUT2D eigenvalue weighted by atomic mass is 16.2. The Bertz CT molecular complexity index is 808. The van der Waals surface area contributed by atoms with Gasteiger partial charge in [0.05, 0.1) is 11.0 Å². The first-order valence-electron chi connectivity index (χ1n) is 10.6. The van der Waals surface area contributed by atoms with Crippen LogP contribution >= 0.6 is 0 Å². The van der Waals surface area contributed by atoms with Crippen molar-refractivity contribution in [3.63, 3.8) is 0 Å². The Balaban J connectivity index is 1.72. The number of nitrogens with zero attached hydrogens (tertiary/aromatic N) is 3. The van der Waals surface area contributed by atoms with E-state index >= 15 is 0 Å². The van der Waals surface area contributed by atoms with Crippen LogP contribution in [0.15, 0.2) is 24.3 Å². The number of rotatable bonds is 8. The lowest BCUT2D eigenvalue weighted by Crippen LogP contribution is -2.40. The van der Waals surface area contributed by atoms with Crippen molar-refractivity contribution in [3.8, 4) is 0 Å². The van der Waals surface area contributed by atoms with Gasteiger partial charge in [-0.1, -0.05) is 38.3 Å². The van der Waals surface area contributed by atoms with E-state index in [-0.39, 0.29) is 11.8 Å². The highest BCUT2D eigenvalue weighted by Gasteiger charge is 2.23. The molecule has 1 aliphatic carbocycles. The first-order valence-corrected chi connectivity index (χ1v) is 10.6. The average Bonchev–Trinajstić information content (AvgIpc) is 3.05. The zero-order valence-corrected chi connectivity index (χ0v) is 17.1. The molecule has 0 bridgehead atoms. The van der Waals surface area contributed by atoms with Crippen LogP contribution in [0.3, 0.4) is 0 Å². The van der Waals surface area contributed by atoms with Gasteiger partial charge in [0.1, 0.15) is 12.4 Å². The van der Waals surface area contributed by atoms with Gasteiger partial charge in [-0.05, 0) is 31.4 Å². The zero-order chi connectivity index (χ0) is 19.9. The minimum absolute atomic E-state index is 0.0678. The number of benzene rings is 1. The standard InChI is InChI=1S/C22H32N4O2/c1-3-9-21(27)23-15-14-20-24-18-12-7-8-13-19(18)26(20)16-22(28)25(2)17-10-5-4-6-11-17/h7-8,12-13,17H,3-6,9-11,14-16H2,1-2H3,(H,23,27). The number of amides is 2. The Kier molecular flexibility index (Phi) is 7.06. The predicted octanol–water partition coefficient (Wildman–Crippen LogP) is 3.29. The van der Waals surface area contributed by atoms with Gasteiger partial charge >= 0.3 is 0 Å². The number of hydrogen-bond acceptors (Lipinski definition) is 3. The molecule has 0 radical (unpaired) electrons. The molecule has 1 aromatic heterocycles. The SMILES string of the molecule is CCCC(=O)NCCc1nc2ccccc2n1CC(=O)N(C)C1CCCCC1. The molecule has 3 rings (SSSR count). The van der Waals surface area contributed by atoms with E-state index in [1.807, 2.05) is 47.7 Å². The maximum absolute atomic E-state index is 13.0. The van der Waals surface area contributed by atoms with Crippen molar-refractivity contribution in [1.82, 2.24) is 19.8 Å². The molecule has 0 aliphatic heterocycles. The second-order valence-electron chi connectivity index (χ2n) is 7.75. The van der Waals surface area contributed by atoms with E-state index in [0.717, 1.165) is 36.1 Å². The number of para-hydroxylation sites is 2. The number of carbonyl (C=O) groups excluding carboxylic acids is 2. The predicted molar refractivity (Wildman–Crippen MR) is 111 cm³/mol. The fourth-order valence-electron chi connectivity index (χ4n) is 4.04. The van der Waals surface area contributed by atoms with Gasteiger partial charge < -0.3 is 14.8 Å². The molecule has 1 saturated carbocycles. The summed E-state index contributed by atoms with van der Waals surface area (Å²) in [6, 6.07) is 8.27. The lowest BCUT2D eigenvalue weighted by molar-refractivity contribution is -0.133. The molecule has 2 aromatic rings. The number of imidazole rings is 1. The van der Waals surface area contributed by atoms with Gasteiger partial charge in [0.25, 0.3) is 0 Å². The van der Waals surface area contributed by atoms with Gasteiger partial charge in [0.2, 0.25) is 11.8 Å². The van der Waals surface area contributed by atoms with Crippen LogP contribution in [0.1, 0.15) is 57.7 Å². The first kappa shape index (κ1) is 20.4. The summed E-state index contributed by atoms with van der Waals surface area (Å²) >= 11 is 0. The molecule has 0 atom stereocenters. The van der Waals surface area contributed by atoms with Crippen molar-refractivity contribution in [2.75, 3.05) is 13.6 Å². The van der Waals surface area contributed by atoms with Crippen LogP contribution in [0, 0.1) is 0 Å². The molecule has 1 aromatic carbocycles. The number of aromatic nitrogens is 2. The Labute approximate surface area is 167 Å². The highest BCUT2D eigenvalue weighted by Crippen LogP contribution is 2.23. The molecule has 28 heavy (non-hydrogen) atoms. The molecule has 152 valence electrons. The topological polar surface area (TPSA) is 67.2 Å². The van der Waals surface area contributed by atoms with Gasteiger partial charge in [-0.25, -0.2) is 4.98 Å². The smallest absolute Gasteiger partial charge is 0.242 e. The lowest BCUT2D eigenvalue weighted by atomic mass is 9.94. The summed E-state index contributed by atoms with van der Waals surface area (Å²) in [6.45, 7) is 2.83. The van der Waals surface area contributed by atoms with E-state index in [0.29, 0.717) is 32.0 Å². The first-order chi connectivity index (χ1) is 13.6. The highest BCUT2D eigenvalue weighted by molar-refractivity contribution is 5.81. The second kappa shape index (κ2) is 9.71.